The lowest BCUT2D eigenvalue weighted by molar-refractivity contribution is -0.147. The predicted octanol–water partition coefficient (Wildman–Crippen LogP) is 4.00. The summed E-state index contributed by atoms with van der Waals surface area (Å²) in [7, 11) is 0. The third-order valence-corrected chi connectivity index (χ3v) is 7.05. The lowest BCUT2D eigenvalue weighted by Gasteiger charge is -2.23. The number of aliphatic hydroxyl groups excluding tert-OH is 1. The van der Waals surface area contributed by atoms with Gasteiger partial charge in [0.2, 0.25) is 5.91 Å². The van der Waals surface area contributed by atoms with Crippen molar-refractivity contribution >= 4 is 40.2 Å². The molecule has 3 aromatic rings. The van der Waals surface area contributed by atoms with Crippen LogP contribution in [0, 0.1) is 6.92 Å². The average molecular weight is 509 g/mol. The Labute approximate surface area is 215 Å². The van der Waals surface area contributed by atoms with Crippen molar-refractivity contribution in [2.45, 2.75) is 46.1 Å². The van der Waals surface area contributed by atoms with Crippen LogP contribution in [0.15, 0.2) is 59.1 Å². The van der Waals surface area contributed by atoms with Crippen LogP contribution in [0.2, 0.25) is 0 Å². The first-order valence-corrected chi connectivity index (χ1v) is 12.6. The molecule has 0 fully saturated rings. The van der Waals surface area contributed by atoms with Crippen molar-refractivity contribution in [1.29, 1.82) is 0 Å². The molecule has 1 aromatic heterocycles. The van der Waals surface area contributed by atoms with Crippen molar-refractivity contribution in [1.82, 2.24) is 15.3 Å². The summed E-state index contributed by atoms with van der Waals surface area (Å²) in [6, 6.07) is 13.9. The third kappa shape index (κ3) is 6.61. The molecule has 190 valence electrons. The summed E-state index contributed by atoms with van der Waals surface area (Å²) in [6.07, 6.45) is 1.85. The summed E-state index contributed by atoms with van der Waals surface area (Å²) in [5.74, 6) is 0.211. The number of benzene rings is 2. The second kappa shape index (κ2) is 12.0. The highest BCUT2D eigenvalue weighted by Gasteiger charge is 2.32. The lowest BCUT2D eigenvalue weighted by atomic mass is 9.84. The Balaban J connectivity index is 1.62. The Kier molecular flexibility index (Phi) is 9.06. The molecular weight excluding hydrogens is 476 g/mol. The first-order valence-electron chi connectivity index (χ1n) is 11.6. The zero-order valence-corrected chi connectivity index (χ0v) is 21.8. The van der Waals surface area contributed by atoms with E-state index in [-0.39, 0.29) is 37.4 Å². The number of aryl methyl sites for hydroxylation is 1. The maximum absolute atomic E-state index is 13.0. The van der Waals surface area contributed by atoms with Crippen molar-refractivity contribution in [3.8, 4) is 0 Å². The van der Waals surface area contributed by atoms with Crippen LogP contribution in [-0.2, 0) is 26.3 Å². The normalized spacial score (nSPS) is 12.2. The van der Waals surface area contributed by atoms with E-state index >= 15 is 0 Å². The fourth-order valence-electron chi connectivity index (χ4n) is 3.58. The van der Waals surface area contributed by atoms with Crippen LogP contribution in [-0.4, -0.2) is 39.5 Å². The first-order chi connectivity index (χ1) is 17.1. The SMILES string of the molecule is C/C(C(=O)NCc1cnc(C)nc1N)=C(\CCO)SCOC(=O)C(C)(C)c1ccc2ccccc2c1. The number of fused-ring (bicyclic) bond motifs is 1. The molecule has 1 amide bonds. The largest absolute Gasteiger partial charge is 0.454 e. The highest BCUT2D eigenvalue weighted by Crippen LogP contribution is 2.30. The number of nitrogens with one attached hydrogen (secondary N) is 1. The van der Waals surface area contributed by atoms with Crippen molar-refractivity contribution < 1.29 is 19.4 Å². The van der Waals surface area contributed by atoms with Crippen molar-refractivity contribution in [2.24, 2.45) is 0 Å². The molecule has 0 aliphatic rings. The fourth-order valence-corrected chi connectivity index (χ4v) is 4.44. The number of rotatable bonds is 10. The van der Waals surface area contributed by atoms with E-state index in [1.807, 2.05) is 56.3 Å². The number of nitrogens with zero attached hydrogens (tertiary/aromatic N) is 2. The number of hydrogen-bond donors (Lipinski definition) is 3. The number of carbonyl (C=O) groups excluding carboxylic acids is 2. The zero-order chi connectivity index (χ0) is 26.3. The first kappa shape index (κ1) is 27.2. The van der Waals surface area contributed by atoms with Gasteiger partial charge in [-0.2, -0.15) is 0 Å². The van der Waals surface area contributed by atoms with Crippen LogP contribution in [0.4, 0.5) is 5.82 Å². The Morgan fingerprint density at radius 2 is 1.89 bits per heavy atom. The number of aliphatic hydroxyl groups is 1. The quantitative estimate of drug-likeness (QED) is 0.213. The average Bonchev–Trinajstić information content (AvgIpc) is 2.86. The Bertz CT molecular complexity index is 1290. The third-order valence-electron chi connectivity index (χ3n) is 5.96. The molecule has 2 aromatic carbocycles. The van der Waals surface area contributed by atoms with E-state index in [0.717, 1.165) is 16.3 Å². The van der Waals surface area contributed by atoms with Crippen LogP contribution in [0.3, 0.4) is 0 Å². The number of thioether (sulfide) groups is 1. The highest BCUT2D eigenvalue weighted by molar-refractivity contribution is 8.03. The molecule has 9 heteroatoms. The molecule has 0 saturated carbocycles. The van der Waals surface area contributed by atoms with E-state index in [9.17, 15) is 14.7 Å². The van der Waals surface area contributed by atoms with E-state index in [2.05, 4.69) is 15.3 Å². The van der Waals surface area contributed by atoms with Crippen LogP contribution < -0.4 is 11.1 Å². The van der Waals surface area contributed by atoms with Gasteiger partial charge in [0.15, 0.2) is 0 Å². The molecular formula is C27H32N4O4S. The van der Waals surface area contributed by atoms with E-state index in [0.29, 0.717) is 27.7 Å². The number of nitrogen functional groups attached to an aromatic ring is 1. The summed E-state index contributed by atoms with van der Waals surface area (Å²) < 4.78 is 5.58. The number of amides is 1. The zero-order valence-electron chi connectivity index (χ0n) is 21.0. The van der Waals surface area contributed by atoms with Crippen molar-refractivity contribution in [2.75, 3.05) is 18.3 Å². The number of hydrogen-bond acceptors (Lipinski definition) is 8. The second-order valence-electron chi connectivity index (χ2n) is 8.91. The van der Waals surface area contributed by atoms with Gasteiger partial charge in [-0.05, 0) is 48.9 Å². The molecule has 0 atom stereocenters. The van der Waals surface area contributed by atoms with E-state index in [1.54, 1.807) is 20.0 Å². The number of esters is 1. The Morgan fingerprint density at radius 3 is 2.58 bits per heavy atom. The molecule has 8 nitrogen and oxygen atoms in total. The minimum atomic E-state index is -0.853. The Hall–Kier alpha value is -3.43. The maximum Gasteiger partial charge on any atom is 0.316 e. The maximum atomic E-state index is 13.0. The molecule has 0 unspecified atom stereocenters. The van der Waals surface area contributed by atoms with Gasteiger partial charge in [0.05, 0.1) is 5.41 Å². The minimum absolute atomic E-state index is 0.0224. The number of ether oxygens (including phenoxy) is 1. The summed E-state index contributed by atoms with van der Waals surface area (Å²) in [4.78, 5) is 34.5. The number of carbonyl (C=O) groups is 2. The summed E-state index contributed by atoms with van der Waals surface area (Å²) >= 11 is 1.22. The van der Waals surface area contributed by atoms with Gasteiger partial charge >= 0.3 is 5.97 Å². The van der Waals surface area contributed by atoms with E-state index in [4.69, 9.17) is 10.5 Å². The molecule has 0 saturated heterocycles. The fraction of sp³-hybridized carbons (Fsp3) is 0.333. The standard InChI is InChI=1S/C27H32N4O4S/c1-17(25(33)30-15-21-14-29-18(2)31-24(21)28)23(11-12-32)36-16-35-26(34)27(3,4)22-10-9-19-7-5-6-8-20(19)13-22/h5-10,13-14,32H,11-12,15-16H2,1-4H3,(H,30,33)(H2,28,29,31)/b23-17-. The molecule has 3 rings (SSSR count). The molecule has 0 aliphatic heterocycles. The van der Waals surface area contributed by atoms with Crippen LogP contribution in [0.5, 0.6) is 0 Å². The molecule has 0 bridgehead atoms. The molecule has 0 radical (unpaired) electrons. The minimum Gasteiger partial charge on any atom is -0.454 e. The van der Waals surface area contributed by atoms with Crippen LogP contribution in [0.25, 0.3) is 10.8 Å². The van der Waals surface area contributed by atoms with Crippen molar-refractivity contribution in [3.63, 3.8) is 0 Å². The second-order valence-corrected chi connectivity index (χ2v) is 9.93. The molecule has 0 aliphatic carbocycles. The molecule has 0 spiro atoms. The van der Waals surface area contributed by atoms with Gasteiger partial charge in [-0.15, -0.1) is 0 Å². The number of aromatic nitrogens is 2. The molecule has 1 heterocycles. The molecule has 4 N–H and O–H groups in total. The van der Waals surface area contributed by atoms with Gasteiger partial charge in [-0.3, -0.25) is 9.59 Å². The van der Waals surface area contributed by atoms with Gasteiger partial charge in [0, 0.05) is 36.9 Å². The number of nitrogens with two attached hydrogens (primary N) is 1. The van der Waals surface area contributed by atoms with Gasteiger partial charge in [0.1, 0.15) is 17.6 Å². The monoisotopic (exact) mass is 508 g/mol. The summed E-state index contributed by atoms with van der Waals surface area (Å²) in [5.41, 5.74) is 6.94. The van der Waals surface area contributed by atoms with Crippen LogP contribution >= 0.6 is 11.8 Å². The van der Waals surface area contributed by atoms with Gasteiger partial charge in [-0.25, -0.2) is 9.97 Å². The van der Waals surface area contributed by atoms with Gasteiger partial charge in [-0.1, -0.05) is 54.2 Å². The smallest absolute Gasteiger partial charge is 0.316 e. The van der Waals surface area contributed by atoms with E-state index < -0.39 is 5.41 Å². The summed E-state index contributed by atoms with van der Waals surface area (Å²) in [6.45, 7) is 7.10. The predicted molar refractivity (Wildman–Crippen MR) is 143 cm³/mol. The lowest BCUT2D eigenvalue weighted by Crippen LogP contribution is -2.31. The number of anilines is 1. The van der Waals surface area contributed by atoms with Crippen LogP contribution in [0.1, 0.15) is 44.1 Å². The highest BCUT2D eigenvalue weighted by atomic mass is 32.2. The van der Waals surface area contributed by atoms with Gasteiger partial charge < -0.3 is 20.9 Å². The van der Waals surface area contributed by atoms with Gasteiger partial charge in [0.25, 0.3) is 0 Å². The van der Waals surface area contributed by atoms with E-state index in [1.165, 1.54) is 11.8 Å². The van der Waals surface area contributed by atoms with Crippen molar-refractivity contribution in [3.05, 3.63) is 76.1 Å². The molecule has 36 heavy (non-hydrogen) atoms. The summed E-state index contributed by atoms with van der Waals surface area (Å²) in [5, 5.41) is 14.4. The Morgan fingerprint density at radius 1 is 1.17 bits per heavy atom. The topological polar surface area (TPSA) is 127 Å².